The average Bonchev–Trinajstić information content (AvgIpc) is 2.88. The van der Waals surface area contributed by atoms with E-state index in [0.717, 1.165) is 5.01 Å². The van der Waals surface area contributed by atoms with E-state index in [0.29, 0.717) is 10.9 Å². The minimum atomic E-state index is -0.926. The van der Waals surface area contributed by atoms with E-state index in [4.69, 9.17) is 4.74 Å². The Labute approximate surface area is 130 Å². The van der Waals surface area contributed by atoms with Gasteiger partial charge in [-0.3, -0.25) is 5.32 Å². The maximum Gasteiger partial charge on any atom is 0.321 e. The first-order chi connectivity index (χ1) is 10.5. The molecule has 118 valence electrons. The van der Waals surface area contributed by atoms with Crippen molar-refractivity contribution in [3.63, 3.8) is 0 Å². The Balaban J connectivity index is 1.68. The number of aromatic nitrogens is 2. The topological polar surface area (TPSA) is 96.4 Å². The fraction of sp³-hybridized carbons (Fsp3) is 0.308. The summed E-state index contributed by atoms with van der Waals surface area (Å²) in [6, 6.07) is 5.09. The van der Waals surface area contributed by atoms with E-state index in [1.807, 2.05) is 0 Å². The summed E-state index contributed by atoms with van der Waals surface area (Å²) >= 11 is 1.24. The molecule has 9 heteroatoms. The Morgan fingerprint density at radius 1 is 1.50 bits per heavy atom. The number of aliphatic hydroxyl groups excluding tert-OH is 1. The van der Waals surface area contributed by atoms with Crippen LogP contribution in [0.4, 0.5) is 14.3 Å². The van der Waals surface area contributed by atoms with Crippen molar-refractivity contribution in [3.05, 3.63) is 35.1 Å². The lowest BCUT2D eigenvalue weighted by Crippen LogP contribution is -2.37. The third-order valence-electron chi connectivity index (χ3n) is 2.48. The van der Waals surface area contributed by atoms with E-state index in [-0.39, 0.29) is 13.2 Å². The van der Waals surface area contributed by atoms with Crippen molar-refractivity contribution in [1.82, 2.24) is 15.5 Å². The van der Waals surface area contributed by atoms with Crippen molar-refractivity contribution in [2.45, 2.75) is 13.0 Å². The Bertz CT molecular complexity index is 637. The van der Waals surface area contributed by atoms with Crippen LogP contribution in [0, 0.1) is 12.7 Å². The van der Waals surface area contributed by atoms with E-state index in [2.05, 4.69) is 20.8 Å². The van der Waals surface area contributed by atoms with Gasteiger partial charge in [0.2, 0.25) is 5.13 Å². The molecule has 0 unspecified atom stereocenters. The van der Waals surface area contributed by atoms with Gasteiger partial charge in [0.05, 0.1) is 0 Å². The molecule has 1 heterocycles. The first-order valence-corrected chi connectivity index (χ1v) is 7.26. The molecule has 2 rings (SSSR count). The lowest BCUT2D eigenvalue weighted by atomic mass is 10.3. The SMILES string of the molecule is Cc1nnc(NC(=O)NC[C@H](O)COc2cccc(F)c2)s1. The van der Waals surface area contributed by atoms with Crippen molar-refractivity contribution in [2.75, 3.05) is 18.5 Å². The molecule has 1 aromatic carbocycles. The second kappa shape index (κ2) is 7.66. The number of carbonyl (C=O) groups excluding carboxylic acids is 1. The quantitative estimate of drug-likeness (QED) is 0.748. The van der Waals surface area contributed by atoms with E-state index in [1.54, 1.807) is 13.0 Å². The minimum Gasteiger partial charge on any atom is -0.491 e. The molecule has 0 spiro atoms. The van der Waals surface area contributed by atoms with E-state index >= 15 is 0 Å². The number of hydrogen-bond donors (Lipinski definition) is 3. The zero-order chi connectivity index (χ0) is 15.9. The largest absolute Gasteiger partial charge is 0.491 e. The molecule has 0 aliphatic heterocycles. The molecule has 0 aliphatic rings. The number of urea groups is 1. The molecular weight excluding hydrogens is 311 g/mol. The number of halogens is 1. The second-order valence-electron chi connectivity index (χ2n) is 4.38. The standard InChI is InChI=1S/C13H15FN4O3S/c1-8-17-18-13(22-8)16-12(20)15-6-10(19)7-21-11-4-2-3-9(14)5-11/h2-5,10,19H,6-7H2,1H3,(H2,15,16,18,20)/t10-/m0/s1. The fourth-order valence-corrected chi connectivity index (χ4v) is 2.09. The average molecular weight is 326 g/mol. The van der Waals surface area contributed by atoms with Crippen LogP contribution in [0.15, 0.2) is 24.3 Å². The number of rotatable bonds is 6. The Morgan fingerprint density at radius 3 is 3.00 bits per heavy atom. The van der Waals surface area contributed by atoms with Gasteiger partial charge in [-0.1, -0.05) is 17.4 Å². The number of benzene rings is 1. The molecule has 0 saturated heterocycles. The molecule has 2 aromatic rings. The Kier molecular flexibility index (Phi) is 5.61. The molecule has 0 saturated carbocycles. The smallest absolute Gasteiger partial charge is 0.321 e. The number of aliphatic hydroxyl groups is 1. The molecular formula is C13H15FN4O3S. The molecule has 0 fully saturated rings. The predicted octanol–water partition coefficient (Wildman–Crippen LogP) is 1.55. The van der Waals surface area contributed by atoms with Gasteiger partial charge >= 0.3 is 6.03 Å². The van der Waals surface area contributed by atoms with E-state index < -0.39 is 18.0 Å². The molecule has 0 aliphatic carbocycles. The van der Waals surface area contributed by atoms with Crippen molar-refractivity contribution < 1.29 is 19.0 Å². The number of carbonyl (C=O) groups is 1. The highest BCUT2D eigenvalue weighted by Crippen LogP contribution is 2.13. The maximum atomic E-state index is 12.9. The van der Waals surface area contributed by atoms with E-state index in [9.17, 15) is 14.3 Å². The van der Waals surface area contributed by atoms with Gasteiger partial charge in [-0.15, -0.1) is 10.2 Å². The lowest BCUT2D eigenvalue weighted by molar-refractivity contribution is 0.108. The van der Waals surface area contributed by atoms with Gasteiger partial charge in [0, 0.05) is 12.6 Å². The van der Waals surface area contributed by atoms with Crippen LogP contribution in [0.5, 0.6) is 5.75 Å². The highest BCUT2D eigenvalue weighted by Gasteiger charge is 2.10. The fourth-order valence-electron chi connectivity index (χ4n) is 1.51. The number of hydrogen-bond acceptors (Lipinski definition) is 6. The number of anilines is 1. The summed E-state index contributed by atoms with van der Waals surface area (Å²) in [7, 11) is 0. The van der Waals surface area contributed by atoms with Gasteiger partial charge in [0.15, 0.2) is 0 Å². The molecule has 7 nitrogen and oxygen atoms in total. The van der Waals surface area contributed by atoms with Crippen LogP contribution in [0.25, 0.3) is 0 Å². The van der Waals surface area contributed by atoms with Crippen molar-refractivity contribution >= 4 is 22.5 Å². The summed E-state index contributed by atoms with van der Waals surface area (Å²) in [5.74, 6) is -0.107. The van der Waals surface area contributed by atoms with Crippen LogP contribution < -0.4 is 15.4 Å². The number of nitrogens with zero attached hydrogens (tertiary/aromatic N) is 2. The van der Waals surface area contributed by atoms with Gasteiger partial charge in [-0.05, 0) is 19.1 Å². The van der Waals surface area contributed by atoms with Gasteiger partial charge in [0.1, 0.15) is 29.3 Å². The van der Waals surface area contributed by atoms with Crippen LogP contribution >= 0.6 is 11.3 Å². The summed E-state index contributed by atoms with van der Waals surface area (Å²) in [6.45, 7) is 1.69. The number of nitrogens with one attached hydrogen (secondary N) is 2. The Morgan fingerprint density at radius 2 is 2.32 bits per heavy atom. The molecule has 2 amide bonds. The van der Waals surface area contributed by atoms with Crippen LogP contribution in [0.2, 0.25) is 0 Å². The minimum absolute atomic E-state index is 0.0149. The van der Waals surface area contributed by atoms with Gasteiger partial charge in [-0.2, -0.15) is 0 Å². The summed E-state index contributed by atoms with van der Waals surface area (Å²) in [5.41, 5.74) is 0. The summed E-state index contributed by atoms with van der Waals surface area (Å²) in [4.78, 5) is 11.6. The van der Waals surface area contributed by atoms with Crippen molar-refractivity contribution in [2.24, 2.45) is 0 Å². The van der Waals surface area contributed by atoms with Crippen LogP contribution in [0.1, 0.15) is 5.01 Å². The molecule has 3 N–H and O–H groups in total. The highest BCUT2D eigenvalue weighted by molar-refractivity contribution is 7.15. The third kappa shape index (κ3) is 5.26. The third-order valence-corrected chi connectivity index (χ3v) is 3.24. The summed E-state index contributed by atoms with van der Waals surface area (Å²) in [5, 5.41) is 23.3. The van der Waals surface area contributed by atoms with Crippen molar-refractivity contribution in [1.29, 1.82) is 0 Å². The monoisotopic (exact) mass is 326 g/mol. The van der Waals surface area contributed by atoms with Crippen molar-refractivity contribution in [3.8, 4) is 5.75 Å². The predicted molar refractivity (Wildman–Crippen MR) is 79.6 cm³/mol. The summed E-state index contributed by atoms with van der Waals surface area (Å²) < 4.78 is 18.2. The van der Waals surface area contributed by atoms with Gasteiger partial charge < -0.3 is 15.2 Å². The Hall–Kier alpha value is -2.26. The van der Waals surface area contributed by atoms with Gasteiger partial charge in [0.25, 0.3) is 0 Å². The molecule has 1 atom stereocenters. The first kappa shape index (κ1) is 16.1. The zero-order valence-electron chi connectivity index (χ0n) is 11.7. The van der Waals surface area contributed by atoms with E-state index in [1.165, 1.54) is 29.5 Å². The molecule has 0 bridgehead atoms. The van der Waals surface area contributed by atoms with Gasteiger partial charge in [-0.25, -0.2) is 9.18 Å². The zero-order valence-corrected chi connectivity index (χ0v) is 12.6. The number of amides is 2. The summed E-state index contributed by atoms with van der Waals surface area (Å²) in [6.07, 6.45) is -0.926. The normalized spacial score (nSPS) is 11.8. The first-order valence-electron chi connectivity index (χ1n) is 6.44. The number of aryl methyl sites for hydroxylation is 1. The molecule has 0 radical (unpaired) electrons. The molecule has 1 aromatic heterocycles. The van der Waals surface area contributed by atoms with Crippen LogP contribution in [-0.2, 0) is 0 Å². The highest BCUT2D eigenvalue weighted by atomic mass is 32.1. The maximum absolute atomic E-state index is 12.9. The lowest BCUT2D eigenvalue weighted by Gasteiger charge is -2.13. The molecule has 22 heavy (non-hydrogen) atoms. The second-order valence-corrected chi connectivity index (χ2v) is 5.57. The van der Waals surface area contributed by atoms with Crippen LogP contribution in [0.3, 0.4) is 0 Å². The van der Waals surface area contributed by atoms with Crippen LogP contribution in [-0.4, -0.2) is 40.6 Å². The number of ether oxygens (including phenoxy) is 1.